The van der Waals surface area contributed by atoms with Crippen molar-refractivity contribution in [3.05, 3.63) is 69.2 Å². The maximum Gasteiger partial charge on any atom is 0.345 e. The van der Waals surface area contributed by atoms with Crippen LogP contribution in [-0.4, -0.2) is 16.2 Å². The Morgan fingerprint density at radius 1 is 0.952 bits per heavy atom. The molecule has 21 heavy (non-hydrogen) atoms. The summed E-state index contributed by atoms with van der Waals surface area (Å²) >= 11 is 11.0. The Morgan fingerprint density at radius 3 is 1.62 bits per heavy atom. The van der Waals surface area contributed by atoms with Crippen molar-refractivity contribution in [1.29, 1.82) is 0 Å². The number of aliphatic hydroxyl groups is 1. The van der Waals surface area contributed by atoms with Gasteiger partial charge in [0.2, 0.25) is 5.60 Å². The molecule has 0 fully saturated rings. The lowest BCUT2D eigenvalue weighted by molar-refractivity contribution is -0.155. The van der Waals surface area contributed by atoms with E-state index in [0.29, 0.717) is 0 Å². The second-order valence-corrected chi connectivity index (χ2v) is 5.09. The Morgan fingerprint density at radius 2 is 1.33 bits per heavy atom. The predicted molar refractivity (Wildman–Crippen MR) is 73.5 cm³/mol. The summed E-state index contributed by atoms with van der Waals surface area (Å²) in [5.74, 6) is -3.49. The summed E-state index contributed by atoms with van der Waals surface area (Å²) < 4.78 is 27.0. The summed E-state index contributed by atoms with van der Waals surface area (Å²) in [4.78, 5) is 11.5. The molecule has 0 aliphatic carbocycles. The van der Waals surface area contributed by atoms with Crippen LogP contribution in [0.25, 0.3) is 0 Å². The Bertz CT molecular complexity index is 668. The first-order chi connectivity index (χ1) is 9.76. The number of aliphatic carboxylic acids is 1. The number of benzene rings is 2. The molecule has 0 aliphatic rings. The number of hydrogen-bond donors (Lipinski definition) is 2. The number of rotatable bonds is 3. The van der Waals surface area contributed by atoms with Gasteiger partial charge in [-0.1, -0.05) is 35.3 Å². The minimum absolute atomic E-state index is 0.228. The van der Waals surface area contributed by atoms with E-state index in [1.54, 1.807) is 0 Å². The van der Waals surface area contributed by atoms with Gasteiger partial charge in [0.15, 0.2) is 0 Å². The summed E-state index contributed by atoms with van der Waals surface area (Å²) in [6.07, 6.45) is 0. The predicted octanol–water partition coefficient (Wildman–Crippen LogP) is 3.59. The SMILES string of the molecule is O=C(O)C(O)(c1ccc(Cl)c(F)c1)c1ccc(Cl)c(F)c1. The summed E-state index contributed by atoms with van der Waals surface area (Å²) in [5, 5.41) is 19.3. The molecule has 0 atom stereocenters. The average molecular weight is 333 g/mol. The number of halogens is 4. The van der Waals surface area contributed by atoms with Gasteiger partial charge in [0, 0.05) is 11.1 Å². The molecule has 0 bridgehead atoms. The maximum absolute atomic E-state index is 13.5. The fourth-order valence-corrected chi connectivity index (χ4v) is 2.09. The molecule has 0 aromatic heterocycles. The highest BCUT2D eigenvalue weighted by molar-refractivity contribution is 6.31. The first-order valence-electron chi connectivity index (χ1n) is 5.63. The maximum atomic E-state index is 13.5. The van der Waals surface area contributed by atoms with Gasteiger partial charge in [-0.25, -0.2) is 13.6 Å². The van der Waals surface area contributed by atoms with Crippen LogP contribution in [0.2, 0.25) is 10.0 Å². The fraction of sp³-hybridized carbons (Fsp3) is 0.0714. The molecule has 0 amide bonds. The molecular formula is C14H8Cl2F2O3. The van der Waals surface area contributed by atoms with Gasteiger partial charge >= 0.3 is 5.97 Å². The summed E-state index contributed by atoms with van der Waals surface area (Å²) in [6.45, 7) is 0. The van der Waals surface area contributed by atoms with Gasteiger partial charge in [-0.3, -0.25) is 0 Å². The minimum Gasteiger partial charge on any atom is -0.479 e. The van der Waals surface area contributed by atoms with Crippen LogP contribution in [0.3, 0.4) is 0 Å². The Hall–Kier alpha value is -1.69. The first-order valence-corrected chi connectivity index (χ1v) is 6.39. The largest absolute Gasteiger partial charge is 0.479 e. The van der Waals surface area contributed by atoms with Crippen molar-refractivity contribution in [2.75, 3.05) is 0 Å². The van der Waals surface area contributed by atoms with E-state index >= 15 is 0 Å². The molecule has 2 N–H and O–H groups in total. The van der Waals surface area contributed by atoms with Crippen LogP contribution >= 0.6 is 23.2 Å². The third kappa shape index (κ3) is 2.72. The van der Waals surface area contributed by atoms with Gasteiger partial charge in [0.1, 0.15) is 11.6 Å². The van der Waals surface area contributed by atoms with Crippen molar-refractivity contribution in [2.24, 2.45) is 0 Å². The van der Waals surface area contributed by atoms with E-state index in [1.165, 1.54) is 0 Å². The summed E-state index contributed by atoms with van der Waals surface area (Å²) in [5.41, 5.74) is -3.21. The molecule has 7 heteroatoms. The highest BCUT2D eigenvalue weighted by Crippen LogP contribution is 2.33. The van der Waals surface area contributed by atoms with Crippen molar-refractivity contribution in [3.8, 4) is 0 Å². The monoisotopic (exact) mass is 332 g/mol. The Balaban J connectivity index is 2.67. The molecule has 110 valence electrons. The van der Waals surface area contributed by atoms with Gasteiger partial charge in [-0.2, -0.15) is 0 Å². The van der Waals surface area contributed by atoms with Gasteiger partial charge < -0.3 is 10.2 Å². The molecule has 3 nitrogen and oxygen atoms in total. The molecule has 2 rings (SSSR count). The van der Waals surface area contributed by atoms with Gasteiger partial charge in [-0.15, -0.1) is 0 Å². The summed E-state index contributed by atoms with van der Waals surface area (Å²) in [6, 6.07) is 6.06. The standard InChI is InChI=1S/C14H8Cl2F2O3/c15-9-3-1-7(5-11(9)17)14(21,13(19)20)8-2-4-10(16)12(18)6-8/h1-6,21H,(H,19,20). The smallest absolute Gasteiger partial charge is 0.345 e. The van der Waals surface area contributed by atoms with E-state index in [2.05, 4.69) is 0 Å². The van der Waals surface area contributed by atoms with E-state index in [-0.39, 0.29) is 21.2 Å². The minimum atomic E-state index is -2.63. The van der Waals surface area contributed by atoms with Crippen LogP contribution < -0.4 is 0 Å². The van der Waals surface area contributed by atoms with Crippen molar-refractivity contribution < 1.29 is 23.8 Å². The molecular weight excluding hydrogens is 325 g/mol. The Kier molecular flexibility index (Phi) is 4.18. The normalized spacial score (nSPS) is 11.5. The quantitative estimate of drug-likeness (QED) is 0.902. The van der Waals surface area contributed by atoms with Crippen molar-refractivity contribution in [1.82, 2.24) is 0 Å². The van der Waals surface area contributed by atoms with Crippen molar-refractivity contribution in [3.63, 3.8) is 0 Å². The number of hydrogen-bond acceptors (Lipinski definition) is 2. The second kappa shape index (κ2) is 5.60. The zero-order valence-corrected chi connectivity index (χ0v) is 11.8. The third-order valence-electron chi connectivity index (χ3n) is 2.98. The zero-order valence-electron chi connectivity index (χ0n) is 10.3. The lowest BCUT2D eigenvalue weighted by Crippen LogP contribution is -2.37. The molecule has 0 heterocycles. The van der Waals surface area contributed by atoms with E-state index in [9.17, 15) is 23.8 Å². The molecule has 0 aliphatic heterocycles. The second-order valence-electron chi connectivity index (χ2n) is 4.27. The van der Waals surface area contributed by atoms with E-state index < -0.39 is 23.2 Å². The van der Waals surface area contributed by atoms with Gasteiger partial charge in [-0.05, 0) is 24.3 Å². The van der Waals surface area contributed by atoms with Crippen molar-refractivity contribution in [2.45, 2.75) is 5.60 Å². The first kappa shape index (κ1) is 15.7. The third-order valence-corrected chi connectivity index (χ3v) is 3.60. The number of carbonyl (C=O) groups is 1. The van der Waals surface area contributed by atoms with Crippen LogP contribution in [0.5, 0.6) is 0 Å². The lowest BCUT2D eigenvalue weighted by atomic mass is 9.86. The topological polar surface area (TPSA) is 57.5 Å². The lowest BCUT2D eigenvalue weighted by Gasteiger charge is -2.24. The molecule has 0 spiro atoms. The zero-order chi connectivity index (χ0) is 15.8. The van der Waals surface area contributed by atoms with E-state index in [1.807, 2.05) is 0 Å². The highest BCUT2D eigenvalue weighted by Gasteiger charge is 2.41. The van der Waals surface area contributed by atoms with Crippen molar-refractivity contribution >= 4 is 29.2 Å². The fourth-order valence-electron chi connectivity index (χ4n) is 1.86. The van der Waals surface area contributed by atoms with E-state index in [4.69, 9.17) is 23.2 Å². The van der Waals surface area contributed by atoms with E-state index in [0.717, 1.165) is 36.4 Å². The molecule has 0 radical (unpaired) electrons. The molecule has 0 unspecified atom stereocenters. The summed E-state index contributed by atoms with van der Waals surface area (Å²) in [7, 11) is 0. The van der Waals surface area contributed by atoms with Crippen LogP contribution in [0.1, 0.15) is 11.1 Å². The van der Waals surface area contributed by atoms with Crippen LogP contribution in [0.4, 0.5) is 8.78 Å². The molecule has 0 saturated carbocycles. The van der Waals surface area contributed by atoms with Gasteiger partial charge in [0.25, 0.3) is 0 Å². The van der Waals surface area contributed by atoms with Crippen LogP contribution in [0, 0.1) is 11.6 Å². The molecule has 2 aromatic rings. The number of carboxylic acid groups (broad SMARTS) is 1. The van der Waals surface area contributed by atoms with Crippen LogP contribution in [0.15, 0.2) is 36.4 Å². The number of carboxylic acids is 1. The molecule has 2 aromatic carbocycles. The van der Waals surface area contributed by atoms with Crippen LogP contribution in [-0.2, 0) is 10.4 Å². The highest BCUT2D eigenvalue weighted by atomic mass is 35.5. The molecule has 0 saturated heterocycles. The average Bonchev–Trinajstić information content (AvgIpc) is 2.43. The Labute approximate surface area is 128 Å². The van der Waals surface area contributed by atoms with Gasteiger partial charge in [0.05, 0.1) is 10.0 Å².